The molecule has 1 aromatic rings. The van der Waals surface area contributed by atoms with E-state index in [4.69, 9.17) is 5.11 Å². The molecule has 1 aliphatic rings. The number of carbonyl (C=O) groups excluding carboxylic acids is 2. The molecular weight excluding hydrogens is 248 g/mol. The van der Waals surface area contributed by atoms with Gasteiger partial charge in [0, 0.05) is 18.7 Å². The molecule has 3 amide bonds. The van der Waals surface area contributed by atoms with E-state index in [1.807, 2.05) is 6.07 Å². The Kier molecular flexibility index (Phi) is 3.79. The van der Waals surface area contributed by atoms with Crippen molar-refractivity contribution in [2.45, 2.75) is 12.8 Å². The van der Waals surface area contributed by atoms with Gasteiger partial charge in [0.2, 0.25) is 5.91 Å². The first kappa shape index (κ1) is 13.1. The lowest BCUT2D eigenvalue weighted by Crippen LogP contribution is -2.46. The van der Waals surface area contributed by atoms with Crippen LogP contribution >= 0.6 is 0 Å². The van der Waals surface area contributed by atoms with Gasteiger partial charge in [-0.15, -0.1) is 0 Å². The molecule has 1 aliphatic heterocycles. The average Bonchev–Trinajstić information content (AvgIpc) is 2.39. The predicted molar refractivity (Wildman–Crippen MR) is 67.5 cm³/mol. The van der Waals surface area contributed by atoms with E-state index in [0.29, 0.717) is 12.1 Å². The number of rotatable bonds is 2. The molecule has 1 aromatic carbocycles. The Balaban J connectivity index is 1.98. The lowest BCUT2D eigenvalue weighted by molar-refractivity contribution is -0.148. The molecule has 1 fully saturated rings. The fourth-order valence-electron chi connectivity index (χ4n) is 1.97. The summed E-state index contributed by atoms with van der Waals surface area (Å²) in [7, 11) is 0. The van der Waals surface area contributed by atoms with Gasteiger partial charge >= 0.3 is 12.0 Å². The summed E-state index contributed by atoms with van der Waals surface area (Å²) in [5.41, 5.74) is 0.598. The van der Waals surface area contributed by atoms with Gasteiger partial charge in [0.15, 0.2) is 0 Å². The Hall–Kier alpha value is -2.37. The summed E-state index contributed by atoms with van der Waals surface area (Å²) in [6, 6.07) is 8.28. The van der Waals surface area contributed by atoms with Crippen molar-refractivity contribution in [3.63, 3.8) is 0 Å². The van der Waals surface area contributed by atoms with Crippen molar-refractivity contribution in [1.29, 1.82) is 0 Å². The number of likely N-dealkylation sites (tertiary alicyclic amines) is 1. The normalized spacial score (nSPS) is 19.1. The summed E-state index contributed by atoms with van der Waals surface area (Å²) in [5.74, 6) is -2.13. The molecule has 1 heterocycles. The number of hydrogen-bond donors (Lipinski definition) is 2. The highest BCUT2D eigenvalue weighted by Crippen LogP contribution is 2.19. The predicted octanol–water partition coefficient (Wildman–Crippen LogP) is 1.54. The van der Waals surface area contributed by atoms with Crippen LogP contribution < -0.4 is 5.32 Å². The van der Waals surface area contributed by atoms with E-state index in [-0.39, 0.29) is 13.0 Å². The molecule has 2 rings (SSSR count). The van der Waals surface area contributed by atoms with Crippen LogP contribution in [-0.2, 0) is 9.59 Å². The summed E-state index contributed by atoms with van der Waals surface area (Å²) < 4.78 is 0. The van der Waals surface area contributed by atoms with Crippen molar-refractivity contribution in [3.05, 3.63) is 30.3 Å². The van der Waals surface area contributed by atoms with Crippen LogP contribution in [0.3, 0.4) is 0 Å². The van der Waals surface area contributed by atoms with E-state index in [9.17, 15) is 14.4 Å². The van der Waals surface area contributed by atoms with E-state index >= 15 is 0 Å². The number of aliphatic carboxylic acids is 1. The number of nitrogens with zero attached hydrogens (tertiary/aromatic N) is 1. The van der Waals surface area contributed by atoms with Crippen molar-refractivity contribution < 1.29 is 19.5 Å². The number of benzene rings is 1. The maximum Gasteiger partial charge on any atom is 0.328 e. The lowest BCUT2D eigenvalue weighted by atomic mass is 9.97. The molecule has 0 saturated carbocycles. The molecular formula is C13H14N2O4. The molecule has 0 radical (unpaired) electrons. The summed E-state index contributed by atoms with van der Waals surface area (Å²) in [5, 5.41) is 11.4. The zero-order valence-electron chi connectivity index (χ0n) is 10.2. The molecule has 0 aliphatic carbocycles. The number of hydrogen-bond acceptors (Lipinski definition) is 3. The van der Waals surface area contributed by atoms with Gasteiger partial charge < -0.3 is 10.4 Å². The van der Waals surface area contributed by atoms with Crippen molar-refractivity contribution >= 4 is 23.6 Å². The highest BCUT2D eigenvalue weighted by atomic mass is 16.4. The van der Waals surface area contributed by atoms with Crippen LogP contribution in [-0.4, -0.2) is 34.5 Å². The minimum Gasteiger partial charge on any atom is -0.481 e. The maximum absolute atomic E-state index is 11.9. The number of imide groups is 1. The van der Waals surface area contributed by atoms with Crippen LogP contribution in [0.2, 0.25) is 0 Å². The molecule has 1 unspecified atom stereocenters. The van der Waals surface area contributed by atoms with Crippen LogP contribution in [0.25, 0.3) is 0 Å². The van der Waals surface area contributed by atoms with Gasteiger partial charge in [0.1, 0.15) is 0 Å². The number of urea groups is 1. The second-order valence-corrected chi connectivity index (χ2v) is 4.37. The van der Waals surface area contributed by atoms with Crippen LogP contribution in [0.15, 0.2) is 30.3 Å². The average molecular weight is 262 g/mol. The third-order valence-electron chi connectivity index (χ3n) is 3.04. The molecule has 6 heteroatoms. The van der Waals surface area contributed by atoms with Crippen molar-refractivity contribution in [2.24, 2.45) is 5.92 Å². The molecule has 0 spiro atoms. The number of carbonyl (C=O) groups is 3. The number of piperidine rings is 1. The van der Waals surface area contributed by atoms with Gasteiger partial charge in [-0.1, -0.05) is 18.2 Å². The van der Waals surface area contributed by atoms with E-state index in [1.165, 1.54) is 0 Å². The molecule has 2 N–H and O–H groups in total. The van der Waals surface area contributed by atoms with Crippen molar-refractivity contribution in [3.8, 4) is 0 Å². The van der Waals surface area contributed by atoms with Gasteiger partial charge in [-0.25, -0.2) is 4.79 Å². The molecule has 1 saturated heterocycles. The minimum atomic E-state index is -0.989. The SMILES string of the molecule is O=C(O)C1CCN(C(=O)Nc2ccccc2)C(=O)C1. The van der Waals surface area contributed by atoms with Crippen LogP contribution in [0.5, 0.6) is 0 Å². The van der Waals surface area contributed by atoms with E-state index in [1.54, 1.807) is 24.3 Å². The topological polar surface area (TPSA) is 86.7 Å². The number of carboxylic acids is 1. The largest absolute Gasteiger partial charge is 0.481 e. The first-order chi connectivity index (χ1) is 9.08. The fraction of sp³-hybridized carbons (Fsp3) is 0.308. The van der Waals surface area contributed by atoms with Gasteiger partial charge in [0.05, 0.1) is 5.92 Å². The number of para-hydroxylation sites is 1. The molecule has 0 bridgehead atoms. The number of nitrogens with one attached hydrogen (secondary N) is 1. The molecule has 0 aromatic heterocycles. The highest BCUT2D eigenvalue weighted by Gasteiger charge is 2.33. The van der Waals surface area contributed by atoms with E-state index in [0.717, 1.165) is 4.90 Å². The zero-order valence-corrected chi connectivity index (χ0v) is 10.2. The summed E-state index contributed by atoms with van der Waals surface area (Å²) >= 11 is 0. The van der Waals surface area contributed by atoms with Crippen LogP contribution in [0, 0.1) is 5.92 Å². The third kappa shape index (κ3) is 3.09. The quantitative estimate of drug-likeness (QED) is 0.846. The third-order valence-corrected chi connectivity index (χ3v) is 3.04. The Labute approximate surface area is 110 Å². The number of anilines is 1. The molecule has 19 heavy (non-hydrogen) atoms. The van der Waals surface area contributed by atoms with Gasteiger partial charge in [0.25, 0.3) is 0 Å². The molecule has 100 valence electrons. The standard InChI is InChI=1S/C13H14N2O4/c16-11-8-9(12(17)18)6-7-15(11)13(19)14-10-4-2-1-3-5-10/h1-5,9H,6-8H2,(H,14,19)(H,17,18). The fourth-order valence-corrected chi connectivity index (χ4v) is 1.97. The Morgan fingerprint density at radius 2 is 1.95 bits per heavy atom. The highest BCUT2D eigenvalue weighted by molar-refractivity contribution is 6.02. The van der Waals surface area contributed by atoms with E-state index in [2.05, 4.69) is 5.32 Å². The smallest absolute Gasteiger partial charge is 0.328 e. The second kappa shape index (κ2) is 5.51. The number of carboxylic acid groups (broad SMARTS) is 1. The van der Waals surface area contributed by atoms with E-state index < -0.39 is 23.8 Å². The monoisotopic (exact) mass is 262 g/mol. The minimum absolute atomic E-state index is 0.127. The van der Waals surface area contributed by atoms with Gasteiger partial charge in [-0.2, -0.15) is 0 Å². The summed E-state index contributed by atoms with van der Waals surface area (Å²) in [4.78, 5) is 35.5. The van der Waals surface area contributed by atoms with Gasteiger partial charge in [-0.3, -0.25) is 14.5 Å². The summed E-state index contributed by atoms with van der Waals surface area (Å²) in [6.07, 6.45) is 0.167. The van der Waals surface area contributed by atoms with Gasteiger partial charge in [-0.05, 0) is 18.6 Å². The second-order valence-electron chi connectivity index (χ2n) is 4.37. The lowest BCUT2D eigenvalue weighted by Gasteiger charge is -2.28. The summed E-state index contributed by atoms with van der Waals surface area (Å²) in [6.45, 7) is 0.133. The molecule has 6 nitrogen and oxygen atoms in total. The van der Waals surface area contributed by atoms with Crippen molar-refractivity contribution in [1.82, 2.24) is 4.90 Å². The Morgan fingerprint density at radius 1 is 1.26 bits per heavy atom. The number of amides is 3. The van der Waals surface area contributed by atoms with Crippen LogP contribution in [0.4, 0.5) is 10.5 Å². The molecule has 1 atom stereocenters. The Morgan fingerprint density at radius 3 is 2.53 bits per heavy atom. The Bertz CT molecular complexity index is 501. The van der Waals surface area contributed by atoms with Crippen molar-refractivity contribution in [2.75, 3.05) is 11.9 Å². The maximum atomic E-state index is 11.9. The van der Waals surface area contributed by atoms with Crippen LogP contribution in [0.1, 0.15) is 12.8 Å². The first-order valence-electron chi connectivity index (χ1n) is 5.97. The zero-order chi connectivity index (χ0) is 13.8. The first-order valence-corrected chi connectivity index (χ1v) is 5.97.